The first kappa shape index (κ1) is 12.8. The van der Waals surface area contributed by atoms with E-state index in [-0.39, 0.29) is 22.5 Å². The first-order valence-electron chi connectivity index (χ1n) is 5.69. The quantitative estimate of drug-likeness (QED) is 0.719. The highest BCUT2D eigenvalue weighted by Crippen LogP contribution is 2.17. The summed E-state index contributed by atoms with van der Waals surface area (Å²) in [7, 11) is 0. The van der Waals surface area contributed by atoms with Gasteiger partial charge < -0.3 is 16.4 Å². The van der Waals surface area contributed by atoms with Gasteiger partial charge in [0.15, 0.2) is 0 Å². The van der Waals surface area contributed by atoms with Crippen molar-refractivity contribution in [2.24, 2.45) is 5.73 Å². The van der Waals surface area contributed by atoms with E-state index >= 15 is 0 Å². The van der Waals surface area contributed by atoms with Crippen LogP contribution in [0.4, 0.5) is 10.1 Å². The van der Waals surface area contributed by atoms with Crippen LogP contribution < -0.4 is 16.4 Å². The summed E-state index contributed by atoms with van der Waals surface area (Å²) < 4.78 is 13.6. The van der Waals surface area contributed by atoms with Crippen molar-refractivity contribution in [3.8, 4) is 0 Å². The van der Waals surface area contributed by atoms with E-state index in [9.17, 15) is 9.18 Å². The predicted molar refractivity (Wildman–Crippen MR) is 71.9 cm³/mol. The molecule has 96 valence electrons. The number of amides is 1. The molecule has 0 saturated carbocycles. The first-order chi connectivity index (χ1) is 8.56. The number of benzene rings is 1. The number of rotatable bonds is 3. The number of nitrogens with two attached hydrogens (primary N) is 1. The van der Waals surface area contributed by atoms with Crippen molar-refractivity contribution in [1.82, 2.24) is 5.32 Å². The molecule has 1 aliphatic rings. The lowest BCUT2D eigenvalue weighted by Crippen LogP contribution is -2.41. The average Bonchev–Trinajstić information content (AvgIpc) is 2.32. The molecule has 0 bridgehead atoms. The Morgan fingerprint density at radius 3 is 2.89 bits per heavy atom. The first-order valence-corrected chi connectivity index (χ1v) is 6.09. The molecule has 1 atom stereocenters. The van der Waals surface area contributed by atoms with Gasteiger partial charge in [0.1, 0.15) is 10.8 Å². The Hall–Kier alpha value is -1.69. The third kappa shape index (κ3) is 2.95. The molecule has 1 aromatic rings. The zero-order chi connectivity index (χ0) is 13.1. The molecule has 0 aliphatic carbocycles. The molecule has 1 aliphatic heterocycles. The lowest BCUT2D eigenvalue weighted by atomic mass is 10.1. The zero-order valence-corrected chi connectivity index (χ0v) is 10.5. The van der Waals surface area contributed by atoms with Gasteiger partial charge in [-0.05, 0) is 24.6 Å². The number of anilines is 1. The molecule has 1 unspecified atom stereocenters. The van der Waals surface area contributed by atoms with E-state index in [2.05, 4.69) is 10.6 Å². The Balaban J connectivity index is 2.04. The second-order valence-electron chi connectivity index (χ2n) is 4.24. The fraction of sp³-hybridized carbons (Fsp3) is 0.333. The Kier molecular flexibility index (Phi) is 3.76. The van der Waals surface area contributed by atoms with Gasteiger partial charge in [-0.15, -0.1) is 0 Å². The van der Waals surface area contributed by atoms with E-state index in [0.29, 0.717) is 18.7 Å². The summed E-state index contributed by atoms with van der Waals surface area (Å²) in [4.78, 5) is 11.1. The van der Waals surface area contributed by atoms with Crippen LogP contribution in [0.5, 0.6) is 0 Å². The number of piperidine rings is 1. The molecule has 0 aromatic heterocycles. The second-order valence-corrected chi connectivity index (χ2v) is 4.68. The number of carbonyl (C=O) groups is 1. The molecule has 2 rings (SSSR count). The van der Waals surface area contributed by atoms with Crippen molar-refractivity contribution in [2.75, 3.05) is 11.9 Å². The number of halogens is 1. The summed E-state index contributed by atoms with van der Waals surface area (Å²) in [5.41, 5.74) is 6.29. The molecule has 18 heavy (non-hydrogen) atoms. The molecule has 0 radical (unpaired) electrons. The lowest BCUT2D eigenvalue weighted by Gasteiger charge is -2.24. The molecular weight excluding hydrogens is 253 g/mol. The fourth-order valence-corrected chi connectivity index (χ4v) is 2.06. The van der Waals surface area contributed by atoms with Crippen molar-refractivity contribution < 1.29 is 9.18 Å². The van der Waals surface area contributed by atoms with Crippen LogP contribution in [0.15, 0.2) is 18.2 Å². The summed E-state index contributed by atoms with van der Waals surface area (Å²) in [6.45, 7) is 0.553. The third-order valence-corrected chi connectivity index (χ3v) is 3.09. The largest absolute Gasteiger partial charge is 0.389 e. The SMILES string of the molecule is NC(=S)c1ccc(NC2CCC(=O)NC2)cc1F. The van der Waals surface area contributed by atoms with Gasteiger partial charge in [0.25, 0.3) is 0 Å². The molecule has 1 amide bonds. The van der Waals surface area contributed by atoms with Crippen molar-refractivity contribution in [3.05, 3.63) is 29.6 Å². The van der Waals surface area contributed by atoms with E-state index in [1.54, 1.807) is 12.1 Å². The summed E-state index contributed by atoms with van der Waals surface area (Å²) in [6.07, 6.45) is 1.23. The van der Waals surface area contributed by atoms with Crippen LogP contribution in [0, 0.1) is 5.82 Å². The monoisotopic (exact) mass is 267 g/mol. The maximum atomic E-state index is 13.6. The van der Waals surface area contributed by atoms with Crippen LogP contribution in [-0.2, 0) is 4.79 Å². The van der Waals surface area contributed by atoms with E-state index < -0.39 is 5.82 Å². The van der Waals surface area contributed by atoms with Crippen molar-refractivity contribution in [2.45, 2.75) is 18.9 Å². The zero-order valence-electron chi connectivity index (χ0n) is 9.70. The number of hydrogen-bond donors (Lipinski definition) is 3. The van der Waals surface area contributed by atoms with E-state index in [1.165, 1.54) is 6.07 Å². The molecule has 4 N–H and O–H groups in total. The van der Waals surface area contributed by atoms with Crippen LogP contribution in [0.3, 0.4) is 0 Å². The Morgan fingerprint density at radius 1 is 1.56 bits per heavy atom. The number of nitrogens with one attached hydrogen (secondary N) is 2. The minimum atomic E-state index is -0.438. The number of carbonyl (C=O) groups excluding carboxylic acids is 1. The Bertz CT molecular complexity index is 482. The van der Waals surface area contributed by atoms with Crippen LogP contribution >= 0.6 is 12.2 Å². The number of hydrogen-bond acceptors (Lipinski definition) is 3. The van der Waals surface area contributed by atoms with Crippen molar-refractivity contribution in [1.29, 1.82) is 0 Å². The summed E-state index contributed by atoms with van der Waals surface area (Å²) >= 11 is 4.74. The minimum Gasteiger partial charge on any atom is -0.389 e. The summed E-state index contributed by atoms with van der Waals surface area (Å²) in [5.74, 6) is -0.379. The van der Waals surface area contributed by atoms with Gasteiger partial charge in [-0.2, -0.15) is 0 Å². The van der Waals surface area contributed by atoms with Crippen LogP contribution in [0.1, 0.15) is 18.4 Å². The second kappa shape index (κ2) is 5.30. The normalized spacial score (nSPS) is 19.2. The van der Waals surface area contributed by atoms with E-state index in [1.807, 2.05) is 0 Å². The van der Waals surface area contributed by atoms with Crippen molar-refractivity contribution in [3.63, 3.8) is 0 Å². The molecule has 4 nitrogen and oxygen atoms in total. The molecule has 1 fully saturated rings. The Morgan fingerprint density at radius 2 is 2.33 bits per heavy atom. The highest BCUT2D eigenvalue weighted by atomic mass is 32.1. The van der Waals surface area contributed by atoms with Crippen LogP contribution in [0.25, 0.3) is 0 Å². The van der Waals surface area contributed by atoms with E-state index in [4.69, 9.17) is 18.0 Å². The minimum absolute atomic E-state index is 0.0454. The molecule has 1 saturated heterocycles. The van der Waals surface area contributed by atoms with Gasteiger partial charge in [-0.1, -0.05) is 12.2 Å². The summed E-state index contributed by atoms with van der Waals surface area (Å²) in [5, 5.41) is 5.93. The van der Waals surface area contributed by atoms with Gasteiger partial charge in [0.2, 0.25) is 5.91 Å². The maximum Gasteiger partial charge on any atom is 0.220 e. The van der Waals surface area contributed by atoms with Gasteiger partial charge in [0, 0.05) is 30.3 Å². The number of thiocarbonyl (C=S) groups is 1. The molecule has 0 spiro atoms. The van der Waals surface area contributed by atoms with Gasteiger partial charge in [-0.3, -0.25) is 4.79 Å². The topological polar surface area (TPSA) is 67.1 Å². The lowest BCUT2D eigenvalue weighted by molar-refractivity contribution is -0.122. The van der Waals surface area contributed by atoms with Gasteiger partial charge >= 0.3 is 0 Å². The standard InChI is InChI=1S/C12H14FN3OS/c13-10-5-7(1-3-9(10)12(14)18)16-8-2-4-11(17)15-6-8/h1,3,5,8,16H,2,4,6H2,(H2,14,18)(H,15,17). The Labute approximate surface area is 110 Å². The van der Waals surface area contributed by atoms with Crippen LogP contribution in [-0.4, -0.2) is 23.5 Å². The molecule has 6 heteroatoms. The maximum absolute atomic E-state index is 13.6. The molecule has 1 aromatic carbocycles. The van der Waals surface area contributed by atoms with Crippen molar-refractivity contribution >= 4 is 28.8 Å². The van der Waals surface area contributed by atoms with Gasteiger partial charge in [-0.25, -0.2) is 4.39 Å². The molecule has 1 heterocycles. The average molecular weight is 267 g/mol. The van der Waals surface area contributed by atoms with Gasteiger partial charge in [0.05, 0.1) is 0 Å². The third-order valence-electron chi connectivity index (χ3n) is 2.87. The highest BCUT2D eigenvalue weighted by Gasteiger charge is 2.18. The molecular formula is C12H14FN3OS. The predicted octanol–water partition coefficient (Wildman–Crippen LogP) is 1.15. The fourth-order valence-electron chi connectivity index (χ4n) is 1.90. The van der Waals surface area contributed by atoms with Crippen LogP contribution in [0.2, 0.25) is 0 Å². The van der Waals surface area contributed by atoms with E-state index in [0.717, 1.165) is 6.42 Å². The summed E-state index contributed by atoms with van der Waals surface area (Å²) in [6, 6.07) is 4.78. The smallest absolute Gasteiger partial charge is 0.220 e. The highest BCUT2D eigenvalue weighted by molar-refractivity contribution is 7.80.